The molecule has 0 spiro atoms. The Balaban J connectivity index is 0.000000262. The van der Waals surface area contributed by atoms with E-state index in [9.17, 15) is 14.4 Å². The molecule has 1 aliphatic heterocycles. The van der Waals surface area contributed by atoms with Crippen molar-refractivity contribution in [3.63, 3.8) is 0 Å². The lowest BCUT2D eigenvalue weighted by atomic mass is 10.4. The van der Waals surface area contributed by atoms with Crippen LogP contribution in [0.25, 0.3) is 0 Å². The van der Waals surface area contributed by atoms with E-state index >= 15 is 0 Å². The number of nitrogens with one attached hydrogen (secondary N) is 1. The Kier molecular flexibility index (Phi) is 6.03. The van der Waals surface area contributed by atoms with Gasteiger partial charge < -0.3 is 15.1 Å². The van der Waals surface area contributed by atoms with E-state index < -0.39 is 11.9 Å². The van der Waals surface area contributed by atoms with Gasteiger partial charge in [0.15, 0.2) is 0 Å². The summed E-state index contributed by atoms with van der Waals surface area (Å²) in [6, 6.07) is 0. The van der Waals surface area contributed by atoms with Crippen LogP contribution in [0.15, 0.2) is 24.5 Å². The van der Waals surface area contributed by atoms with E-state index in [0.717, 1.165) is 0 Å². The van der Waals surface area contributed by atoms with Gasteiger partial charge in [-0.3, -0.25) is 4.79 Å². The molecule has 7 heteroatoms. The normalized spacial score (nSPS) is 13.5. The van der Waals surface area contributed by atoms with E-state index in [1.807, 2.05) is 0 Å². The number of rotatable bonds is 2. The molecule has 0 saturated carbocycles. The molecule has 0 bridgehead atoms. The van der Waals surface area contributed by atoms with Gasteiger partial charge >= 0.3 is 11.9 Å². The van der Waals surface area contributed by atoms with Crippen molar-refractivity contribution in [2.24, 2.45) is 0 Å². The number of carboxylic acid groups (broad SMARTS) is 2. The molecule has 0 fully saturated rings. The van der Waals surface area contributed by atoms with Crippen LogP contribution >= 0.6 is 0 Å². The summed E-state index contributed by atoms with van der Waals surface area (Å²) in [7, 11) is 0. The first-order valence-corrected chi connectivity index (χ1v) is 3.76. The third-order valence-electron chi connectivity index (χ3n) is 1.01. The van der Waals surface area contributed by atoms with Crippen LogP contribution in [-0.2, 0) is 19.2 Å². The molecule has 7 nitrogen and oxygen atoms in total. The van der Waals surface area contributed by atoms with Crippen molar-refractivity contribution in [2.75, 3.05) is 0 Å². The minimum absolute atomic E-state index is 0.0949. The van der Waals surface area contributed by atoms with Crippen molar-refractivity contribution in [1.29, 1.82) is 0 Å². The number of hydroxylamine groups is 1. The van der Waals surface area contributed by atoms with Crippen LogP contribution in [0.2, 0.25) is 0 Å². The van der Waals surface area contributed by atoms with Crippen LogP contribution in [0.1, 0.15) is 6.42 Å². The van der Waals surface area contributed by atoms with Crippen molar-refractivity contribution >= 4 is 17.8 Å². The van der Waals surface area contributed by atoms with E-state index in [-0.39, 0.29) is 5.91 Å². The average molecular weight is 215 g/mol. The van der Waals surface area contributed by atoms with Crippen molar-refractivity contribution in [3.8, 4) is 0 Å². The fourth-order valence-corrected chi connectivity index (χ4v) is 0.487. The van der Waals surface area contributed by atoms with E-state index in [1.165, 1.54) is 6.26 Å². The fraction of sp³-hybridized carbons (Fsp3) is 0.125. The molecule has 0 saturated heterocycles. The van der Waals surface area contributed by atoms with Gasteiger partial charge in [0.1, 0.15) is 6.26 Å². The zero-order valence-corrected chi connectivity index (χ0v) is 7.54. The monoisotopic (exact) mass is 215 g/mol. The van der Waals surface area contributed by atoms with Crippen molar-refractivity contribution < 1.29 is 29.4 Å². The highest BCUT2D eigenvalue weighted by Crippen LogP contribution is 1.88. The molecule has 0 unspecified atom stereocenters. The quantitative estimate of drug-likeness (QED) is 0.543. The molecule has 0 aromatic rings. The third kappa shape index (κ3) is 9.61. The number of aliphatic carboxylic acids is 2. The van der Waals surface area contributed by atoms with Gasteiger partial charge in [0, 0.05) is 12.2 Å². The van der Waals surface area contributed by atoms with Gasteiger partial charge in [-0.2, -0.15) is 5.48 Å². The van der Waals surface area contributed by atoms with E-state index in [4.69, 9.17) is 10.2 Å². The molecule has 3 N–H and O–H groups in total. The van der Waals surface area contributed by atoms with E-state index in [0.29, 0.717) is 18.6 Å². The lowest BCUT2D eigenvalue weighted by molar-refractivity contribution is -0.134. The Morgan fingerprint density at radius 1 is 1.33 bits per heavy atom. The molecular weight excluding hydrogens is 206 g/mol. The highest BCUT2D eigenvalue weighted by atomic mass is 16.6. The Bertz CT molecular complexity index is 290. The number of carbonyl (C=O) groups excluding carboxylic acids is 1. The lowest BCUT2D eigenvalue weighted by Crippen LogP contribution is -2.22. The summed E-state index contributed by atoms with van der Waals surface area (Å²) >= 11 is 0. The molecule has 15 heavy (non-hydrogen) atoms. The second-order valence-electron chi connectivity index (χ2n) is 2.23. The topological polar surface area (TPSA) is 113 Å². The highest BCUT2D eigenvalue weighted by Gasteiger charge is 1.98. The number of carboxylic acids is 2. The zero-order chi connectivity index (χ0) is 11.7. The maximum Gasteiger partial charge on any atom is 0.328 e. The highest BCUT2D eigenvalue weighted by molar-refractivity contribution is 5.89. The second kappa shape index (κ2) is 7.13. The molecular formula is C8H9NO6. The van der Waals surface area contributed by atoms with E-state index in [2.05, 4.69) is 10.3 Å². The van der Waals surface area contributed by atoms with Gasteiger partial charge in [-0.15, -0.1) is 0 Å². The SMILES string of the molecule is O=C(O)/C=C/C(=O)O.O=C1CC=CON1. The van der Waals surface area contributed by atoms with Gasteiger partial charge in [-0.05, 0) is 6.08 Å². The zero-order valence-electron chi connectivity index (χ0n) is 7.54. The predicted octanol–water partition coefficient (Wildman–Crippen LogP) is -0.337. The number of hydrogen-bond acceptors (Lipinski definition) is 4. The van der Waals surface area contributed by atoms with Crippen LogP contribution < -0.4 is 5.48 Å². The third-order valence-corrected chi connectivity index (χ3v) is 1.01. The van der Waals surface area contributed by atoms with Crippen LogP contribution in [0.5, 0.6) is 0 Å². The van der Waals surface area contributed by atoms with E-state index in [1.54, 1.807) is 6.08 Å². The summed E-state index contributed by atoms with van der Waals surface area (Å²) in [5.41, 5.74) is 2.16. The van der Waals surface area contributed by atoms with Crippen LogP contribution in [-0.4, -0.2) is 28.1 Å². The predicted molar refractivity (Wildman–Crippen MR) is 47.4 cm³/mol. The Hall–Kier alpha value is -2.31. The number of amides is 1. The van der Waals surface area contributed by atoms with Crippen LogP contribution in [0, 0.1) is 0 Å². The van der Waals surface area contributed by atoms with Gasteiger partial charge in [-0.25, -0.2) is 9.59 Å². The molecule has 1 aliphatic rings. The second-order valence-corrected chi connectivity index (χ2v) is 2.23. The maximum atomic E-state index is 10.2. The Morgan fingerprint density at radius 3 is 2.07 bits per heavy atom. The minimum atomic E-state index is -1.26. The van der Waals surface area contributed by atoms with Crippen molar-refractivity contribution in [3.05, 3.63) is 24.5 Å². The first-order chi connectivity index (χ1) is 7.02. The Morgan fingerprint density at radius 2 is 1.87 bits per heavy atom. The molecule has 1 amide bonds. The van der Waals surface area contributed by atoms with Crippen LogP contribution in [0.4, 0.5) is 0 Å². The summed E-state index contributed by atoms with van der Waals surface area (Å²) in [6.07, 6.45) is 4.64. The molecule has 1 rings (SSSR count). The molecule has 1 heterocycles. The summed E-state index contributed by atoms with van der Waals surface area (Å²) in [6.45, 7) is 0. The lowest BCUT2D eigenvalue weighted by Gasteiger charge is -2.03. The van der Waals surface area contributed by atoms with Gasteiger partial charge in [0.25, 0.3) is 5.91 Å². The summed E-state index contributed by atoms with van der Waals surface area (Å²) in [5.74, 6) is -2.61. The fourth-order valence-electron chi connectivity index (χ4n) is 0.487. The molecule has 0 aromatic heterocycles. The molecule has 0 aliphatic carbocycles. The van der Waals surface area contributed by atoms with Gasteiger partial charge in [0.2, 0.25) is 0 Å². The average Bonchev–Trinajstić information content (AvgIpc) is 2.17. The molecule has 0 atom stereocenters. The molecule has 82 valence electrons. The van der Waals surface area contributed by atoms with Gasteiger partial charge in [0.05, 0.1) is 6.42 Å². The first-order valence-electron chi connectivity index (χ1n) is 3.76. The van der Waals surface area contributed by atoms with Gasteiger partial charge in [-0.1, -0.05) is 0 Å². The number of carbonyl (C=O) groups is 3. The molecule has 0 radical (unpaired) electrons. The van der Waals surface area contributed by atoms with Crippen LogP contribution in [0.3, 0.4) is 0 Å². The maximum absolute atomic E-state index is 10.2. The standard InChI is InChI=1S/C4H5NO2.C4H4O4/c6-4-2-1-3-7-5-4;5-3(6)1-2-4(7)8/h1,3H,2H2,(H,5,6);1-2H,(H,5,6)(H,7,8)/b;2-1+. The summed E-state index contributed by atoms with van der Waals surface area (Å²) in [5, 5.41) is 15.6. The minimum Gasteiger partial charge on any atom is -0.478 e. The smallest absolute Gasteiger partial charge is 0.328 e. The largest absolute Gasteiger partial charge is 0.478 e. The van der Waals surface area contributed by atoms with Crippen molar-refractivity contribution in [2.45, 2.75) is 6.42 Å². The summed E-state index contributed by atoms with van der Waals surface area (Å²) in [4.78, 5) is 33.7. The van der Waals surface area contributed by atoms with Crippen molar-refractivity contribution in [1.82, 2.24) is 5.48 Å². The molecule has 0 aromatic carbocycles. The summed E-state index contributed by atoms with van der Waals surface area (Å²) < 4.78 is 0. The Labute approximate surface area is 84.6 Å². The first kappa shape index (κ1) is 12.7. The number of hydrogen-bond donors (Lipinski definition) is 3.